The van der Waals surface area contributed by atoms with Gasteiger partial charge in [-0.3, -0.25) is 4.98 Å². The molecule has 0 amide bonds. The van der Waals surface area contributed by atoms with Crippen molar-refractivity contribution in [1.29, 1.82) is 0 Å². The van der Waals surface area contributed by atoms with Gasteiger partial charge in [0.1, 0.15) is 24.7 Å². The lowest BCUT2D eigenvalue weighted by Crippen LogP contribution is -1.99. The summed E-state index contributed by atoms with van der Waals surface area (Å²) in [6.45, 7) is 1.02. The summed E-state index contributed by atoms with van der Waals surface area (Å²) in [5.41, 5.74) is 3.11. The molecule has 1 heterocycles. The van der Waals surface area contributed by atoms with Crippen LogP contribution in [0.3, 0.4) is 0 Å². The van der Waals surface area contributed by atoms with Gasteiger partial charge in [0.25, 0.3) is 0 Å². The van der Waals surface area contributed by atoms with Crippen molar-refractivity contribution in [2.45, 2.75) is 13.2 Å². The standard InChI is InChI=1S/C23H19NO2/c1-3-8-18(9-4-1)16-25-20-14-22-21(12-7-13-24-22)23(15-20)26-17-19-10-5-2-6-11-19/h1-15H,16-17H2. The molecule has 0 N–H and O–H groups in total. The van der Waals surface area contributed by atoms with E-state index in [1.165, 1.54) is 0 Å². The molecule has 0 unspecified atom stereocenters. The number of benzene rings is 3. The molecular weight excluding hydrogens is 322 g/mol. The van der Waals surface area contributed by atoms with Crippen molar-refractivity contribution >= 4 is 10.9 Å². The molecule has 4 aromatic rings. The third-order valence-electron chi connectivity index (χ3n) is 4.14. The van der Waals surface area contributed by atoms with Crippen LogP contribution in [0, 0.1) is 0 Å². The number of hydrogen-bond donors (Lipinski definition) is 0. The van der Waals surface area contributed by atoms with E-state index in [4.69, 9.17) is 9.47 Å². The lowest BCUT2D eigenvalue weighted by Gasteiger charge is -2.13. The number of fused-ring (bicyclic) bond motifs is 1. The highest BCUT2D eigenvalue weighted by molar-refractivity contribution is 5.86. The first-order chi connectivity index (χ1) is 12.9. The van der Waals surface area contributed by atoms with Crippen LogP contribution in [-0.2, 0) is 13.2 Å². The maximum absolute atomic E-state index is 6.08. The summed E-state index contributed by atoms with van der Waals surface area (Å²) in [7, 11) is 0. The first-order valence-electron chi connectivity index (χ1n) is 8.61. The molecule has 0 fully saturated rings. The zero-order valence-electron chi connectivity index (χ0n) is 14.3. The average Bonchev–Trinajstić information content (AvgIpc) is 2.72. The Morgan fingerprint density at radius 3 is 2.00 bits per heavy atom. The topological polar surface area (TPSA) is 31.4 Å². The van der Waals surface area contributed by atoms with Crippen LogP contribution in [0.15, 0.2) is 91.1 Å². The second kappa shape index (κ2) is 7.70. The molecule has 0 radical (unpaired) electrons. The first-order valence-corrected chi connectivity index (χ1v) is 8.61. The Bertz CT molecular complexity index is 985. The van der Waals surface area contributed by atoms with Gasteiger partial charge in [0.15, 0.2) is 0 Å². The van der Waals surface area contributed by atoms with Gasteiger partial charge in [-0.1, -0.05) is 60.7 Å². The van der Waals surface area contributed by atoms with E-state index in [1.54, 1.807) is 6.20 Å². The SMILES string of the molecule is c1ccc(COc2cc(OCc3ccccc3)c3cccnc3c2)cc1. The molecule has 4 rings (SSSR count). The molecule has 3 nitrogen and oxygen atoms in total. The smallest absolute Gasteiger partial charge is 0.132 e. The van der Waals surface area contributed by atoms with E-state index in [0.29, 0.717) is 13.2 Å². The molecule has 128 valence electrons. The van der Waals surface area contributed by atoms with Gasteiger partial charge in [-0.05, 0) is 23.3 Å². The maximum atomic E-state index is 6.08. The van der Waals surface area contributed by atoms with Crippen LogP contribution in [0.2, 0.25) is 0 Å². The second-order valence-corrected chi connectivity index (χ2v) is 6.04. The van der Waals surface area contributed by atoms with Crippen molar-refractivity contribution in [2.24, 2.45) is 0 Å². The van der Waals surface area contributed by atoms with Gasteiger partial charge in [0.2, 0.25) is 0 Å². The van der Waals surface area contributed by atoms with E-state index < -0.39 is 0 Å². The predicted octanol–water partition coefficient (Wildman–Crippen LogP) is 5.39. The van der Waals surface area contributed by atoms with Crippen molar-refractivity contribution in [1.82, 2.24) is 4.98 Å². The van der Waals surface area contributed by atoms with Crippen LogP contribution in [-0.4, -0.2) is 4.98 Å². The normalized spacial score (nSPS) is 10.6. The molecule has 0 saturated heterocycles. The minimum absolute atomic E-state index is 0.507. The third-order valence-corrected chi connectivity index (χ3v) is 4.14. The molecule has 3 aromatic carbocycles. The van der Waals surface area contributed by atoms with E-state index in [9.17, 15) is 0 Å². The van der Waals surface area contributed by atoms with E-state index in [-0.39, 0.29) is 0 Å². The van der Waals surface area contributed by atoms with E-state index in [0.717, 1.165) is 33.5 Å². The number of pyridine rings is 1. The molecule has 0 spiro atoms. The summed E-state index contributed by atoms with van der Waals surface area (Å²) >= 11 is 0. The molecule has 0 atom stereocenters. The summed E-state index contributed by atoms with van der Waals surface area (Å²) in [6, 6.07) is 28.1. The largest absolute Gasteiger partial charge is 0.489 e. The molecule has 0 aliphatic rings. The summed E-state index contributed by atoms with van der Waals surface area (Å²) < 4.78 is 12.1. The lowest BCUT2D eigenvalue weighted by atomic mass is 10.2. The fraction of sp³-hybridized carbons (Fsp3) is 0.0870. The minimum atomic E-state index is 0.507. The van der Waals surface area contributed by atoms with Gasteiger partial charge in [-0.2, -0.15) is 0 Å². The highest BCUT2D eigenvalue weighted by Crippen LogP contribution is 2.31. The molecule has 0 bridgehead atoms. The first kappa shape index (κ1) is 16.2. The monoisotopic (exact) mass is 341 g/mol. The van der Waals surface area contributed by atoms with Crippen LogP contribution < -0.4 is 9.47 Å². The van der Waals surface area contributed by atoms with Crippen molar-refractivity contribution in [3.63, 3.8) is 0 Å². The van der Waals surface area contributed by atoms with Crippen LogP contribution in [0.4, 0.5) is 0 Å². The van der Waals surface area contributed by atoms with Gasteiger partial charge >= 0.3 is 0 Å². The molecule has 0 aliphatic carbocycles. The van der Waals surface area contributed by atoms with Gasteiger partial charge in [-0.15, -0.1) is 0 Å². The highest BCUT2D eigenvalue weighted by Gasteiger charge is 2.08. The second-order valence-electron chi connectivity index (χ2n) is 6.04. The quantitative estimate of drug-likeness (QED) is 0.471. The maximum Gasteiger partial charge on any atom is 0.132 e. The molecular formula is C23H19NO2. The summed E-state index contributed by atoms with van der Waals surface area (Å²) in [6.07, 6.45) is 1.78. The van der Waals surface area contributed by atoms with Gasteiger partial charge in [0, 0.05) is 23.7 Å². The minimum Gasteiger partial charge on any atom is -0.489 e. The number of nitrogens with zero attached hydrogens (tertiary/aromatic N) is 1. The third kappa shape index (κ3) is 3.83. The number of rotatable bonds is 6. The summed E-state index contributed by atoms with van der Waals surface area (Å²) in [5.74, 6) is 1.53. The zero-order chi connectivity index (χ0) is 17.6. The van der Waals surface area contributed by atoms with Crippen LogP contribution in [0.5, 0.6) is 11.5 Å². The van der Waals surface area contributed by atoms with Crippen LogP contribution >= 0.6 is 0 Å². The van der Waals surface area contributed by atoms with Gasteiger partial charge < -0.3 is 9.47 Å². The van der Waals surface area contributed by atoms with Gasteiger partial charge in [-0.25, -0.2) is 0 Å². The van der Waals surface area contributed by atoms with E-state index in [1.807, 2.05) is 72.8 Å². The molecule has 0 saturated carbocycles. The Balaban J connectivity index is 1.58. The van der Waals surface area contributed by atoms with Crippen LogP contribution in [0.25, 0.3) is 10.9 Å². The summed E-state index contributed by atoms with van der Waals surface area (Å²) in [5, 5.41) is 0.982. The van der Waals surface area contributed by atoms with E-state index in [2.05, 4.69) is 17.1 Å². The van der Waals surface area contributed by atoms with Crippen molar-refractivity contribution in [3.05, 3.63) is 102 Å². The average molecular weight is 341 g/mol. The number of hydrogen-bond acceptors (Lipinski definition) is 3. The zero-order valence-corrected chi connectivity index (χ0v) is 14.3. The number of aromatic nitrogens is 1. The van der Waals surface area contributed by atoms with Crippen molar-refractivity contribution < 1.29 is 9.47 Å². The van der Waals surface area contributed by atoms with Crippen molar-refractivity contribution in [3.8, 4) is 11.5 Å². The van der Waals surface area contributed by atoms with Crippen LogP contribution in [0.1, 0.15) is 11.1 Å². The van der Waals surface area contributed by atoms with Gasteiger partial charge in [0.05, 0.1) is 5.52 Å². The Kier molecular flexibility index (Phi) is 4.79. The Morgan fingerprint density at radius 1 is 0.654 bits per heavy atom. The Labute approximate surface area is 152 Å². The fourth-order valence-electron chi connectivity index (χ4n) is 2.80. The van der Waals surface area contributed by atoms with E-state index >= 15 is 0 Å². The van der Waals surface area contributed by atoms with Crippen molar-refractivity contribution in [2.75, 3.05) is 0 Å². The number of ether oxygens (including phenoxy) is 2. The highest BCUT2D eigenvalue weighted by atomic mass is 16.5. The Hall–Kier alpha value is -3.33. The predicted molar refractivity (Wildman–Crippen MR) is 103 cm³/mol. The molecule has 3 heteroatoms. The fourth-order valence-corrected chi connectivity index (χ4v) is 2.80. The molecule has 26 heavy (non-hydrogen) atoms. The lowest BCUT2D eigenvalue weighted by molar-refractivity contribution is 0.292. The Morgan fingerprint density at radius 2 is 1.31 bits per heavy atom. The molecule has 1 aromatic heterocycles. The molecule has 0 aliphatic heterocycles. The summed E-state index contributed by atoms with van der Waals surface area (Å²) in [4.78, 5) is 4.45.